The first kappa shape index (κ1) is 17.1. The Bertz CT molecular complexity index is 913. The maximum atomic E-state index is 12.0. The number of carbonyl (C=O) groups is 1. The van der Waals surface area contributed by atoms with Crippen LogP contribution in [0.15, 0.2) is 66.1 Å². The molecule has 0 fully saturated rings. The lowest BCUT2D eigenvalue weighted by Gasteiger charge is -2.09. The highest BCUT2D eigenvalue weighted by Crippen LogP contribution is 2.24. The summed E-state index contributed by atoms with van der Waals surface area (Å²) in [4.78, 5) is 16.7. The first-order chi connectivity index (χ1) is 12.0. The zero-order chi connectivity index (χ0) is 17.8. The summed E-state index contributed by atoms with van der Waals surface area (Å²) >= 11 is 1.58. The molecular formula is C21H19NO2S. The van der Waals surface area contributed by atoms with Crippen LogP contribution in [0, 0.1) is 6.92 Å². The molecule has 1 aromatic heterocycles. The van der Waals surface area contributed by atoms with Crippen LogP contribution < -0.4 is 4.74 Å². The van der Waals surface area contributed by atoms with E-state index in [0.717, 1.165) is 27.6 Å². The van der Waals surface area contributed by atoms with Crippen molar-refractivity contribution in [1.29, 1.82) is 0 Å². The number of benzene rings is 2. The highest BCUT2D eigenvalue weighted by molar-refractivity contribution is 7.09. The van der Waals surface area contributed by atoms with Crippen LogP contribution in [-0.2, 0) is 6.61 Å². The van der Waals surface area contributed by atoms with Crippen molar-refractivity contribution in [2.75, 3.05) is 0 Å². The molecular weight excluding hydrogens is 330 g/mol. The smallest absolute Gasteiger partial charge is 0.188 e. The van der Waals surface area contributed by atoms with Crippen LogP contribution in [0.2, 0.25) is 0 Å². The fourth-order valence-electron chi connectivity index (χ4n) is 2.47. The molecule has 25 heavy (non-hydrogen) atoms. The third-order valence-electron chi connectivity index (χ3n) is 3.81. The predicted molar refractivity (Wildman–Crippen MR) is 102 cm³/mol. The summed E-state index contributed by atoms with van der Waals surface area (Å²) in [6.45, 7) is 7.74. The van der Waals surface area contributed by atoms with Crippen LogP contribution in [0.1, 0.15) is 27.9 Å². The standard InChI is InChI=1S/C21H19NO2S/c1-14(2)21(23)18-10-9-17(11-15(18)3)24-12-20-22-19(13-25-20)16-7-5-4-6-8-16/h4-11,13H,1,12H2,2-3H3. The molecule has 0 aliphatic rings. The fraction of sp³-hybridized carbons (Fsp3) is 0.143. The van der Waals surface area contributed by atoms with E-state index >= 15 is 0 Å². The van der Waals surface area contributed by atoms with Gasteiger partial charge >= 0.3 is 0 Å². The van der Waals surface area contributed by atoms with Crippen molar-refractivity contribution in [3.05, 3.63) is 82.2 Å². The highest BCUT2D eigenvalue weighted by atomic mass is 32.1. The molecule has 0 N–H and O–H groups in total. The molecule has 0 aliphatic carbocycles. The molecule has 2 aromatic carbocycles. The summed E-state index contributed by atoms with van der Waals surface area (Å²) in [6, 6.07) is 15.6. The minimum absolute atomic E-state index is 0.0310. The van der Waals surface area contributed by atoms with Crippen molar-refractivity contribution in [3.8, 4) is 17.0 Å². The Morgan fingerprint density at radius 3 is 2.64 bits per heavy atom. The lowest BCUT2D eigenvalue weighted by atomic mass is 10.0. The summed E-state index contributed by atoms with van der Waals surface area (Å²) in [5.74, 6) is 0.698. The zero-order valence-corrected chi connectivity index (χ0v) is 15.1. The maximum absolute atomic E-state index is 12.0. The van der Waals surface area contributed by atoms with Crippen LogP contribution in [0.3, 0.4) is 0 Å². The van der Waals surface area contributed by atoms with Crippen LogP contribution in [-0.4, -0.2) is 10.8 Å². The third kappa shape index (κ3) is 4.03. The lowest BCUT2D eigenvalue weighted by molar-refractivity contribution is 0.103. The van der Waals surface area contributed by atoms with E-state index in [0.29, 0.717) is 17.7 Å². The molecule has 4 heteroatoms. The van der Waals surface area contributed by atoms with Crippen molar-refractivity contribution in [3.63, 3.8) is 0 Å². The number of thiazole rings is 1. The lowest BCUT2D eigenvalue weighted by Crippen LogP contribution is -2.03. The second-order valence-electron chi connectivity index (χ2n) is 5.87. The van der Waals surface area contributed by atoms with Crippen molar-refractivity contribution in [2.24, 2.45) is 0 Å². The van der Waals surface area contributed by atoms with Gasteiger partial charge in [0, 0.05) is 16.5 Å². The Kier molecular flexibility index (Phi) is 5.10. The molecule has 0 bridgehead atoms. The Labute approximate surface area is 151 Å². The van der Waals surface area contributed by atoms with Gasteiger partial charge in [-0.15, -0.1) is 11.3 Å². The SMILES string of the molecule is C=C(C)C(=O)c1ccc(OCc2nc(-c3ccccc3)cs2)cc1C. The summed E-state index contributed by atoms with van der Waals surface area (Å²) in [5.41, 5.74) is 4.15. The Morgan fingerprint density at radius 2 is 1.96 bits per heavy atom. The van der Waals surface area contributed by atoms with Gasteiger partial charge in [0.15, 0.2) is 5.78 Å². The number of aromatic nitrogens is 1. The largest absolute Gasteiger partial charge is 0.486 e. The van der Waals surface area contributed by atoms with Crippen LogP contribution >= 0.6 is 11.3 Å². The number of ether oxygens (including phenoxy) is 1. The normalized spacial score (nSPS) is 10.5. The molecule has 3 nitrogen and oxygen atoms in total. The number of hydrogen-bond donors (Lipinski definition) is 0. The molecule has 1 heterocycles. The number of nitrogens with zero attached hydrogens (tertiary/aromatic N) is 1. The summed E-state index contributed by atoms with van der Waals surface area (Å²) < 4.78 is 5.83. The molecule has 0 saturated carbocycles. The van der Waals surface area contributed by atoms with E-state index in [-0.39, 0.29) is 5.78 Å². The Balaban J connectivity index is 1.68. The predicted octanol–water partition coefficient (Wildman–Crippen LogP) is 5.46. The van der Waals surface area contributed by atoms with Crippen molar-refractivity contribution < 1.29 is 9.53 Å². The average molecular weight is 349 g/mol. The maximum Gasteiger partial charge on any atom is 0.188 e. The van der Waals surface area contributed by atoms with Crippen LogP contribution in [0.25, 0.3) is 11.3 Å². The van der Waals surface area contributed by atoms with Gasteiger partial charge in [-0.05, 0) is 43.2 Å². The second-order valence-corrected chi connectivity index (χ2v) is 6.81. The fourth-order valence-corrected chi connectivity index (χ4v) is 3.19. The molecule has 3 aromatic rings. The van der Waals surface area contributed by atoms with Gasteiger partial charge in [-0.25, -0.2) is 4.98 Å². The van der Waals surface area contributed by atoms with Crippen molar-refractivity contribution >= 4 is 17.1 Å². The first-order valence-corrected chi connectivity index (χ1v) is 8.86. The number of rotatable bonds is 6. The minimum atomic E-state index is -0.0310. The van der Waals surface area contributed by atoms with E-state index in [9.17, 15) is 4.79 Å². The Hall–Kier alpha value is -2.72. The molecule has 126 valence electrons. The van der Waals surface area contributed by atoms with Gasteiger partial charge in [0.2, 0.25) is 0 Å². The molecule has 0 radical (unpaired) electrons. The van der Waals surface area contributed by atoms with E-state index in [1.165, 1.54) is 0 Å². The topological polar surface area (TPSA) is 39.2 Å². The monoisotopic (exact) mass is 349 g/mol. The molecule has 0 atom stereocenters. The van der Waals surface area contributed by atoms with Gasteiger partial charge in [-0.3, -0.25) is 4.79 Å². The van der Waals surface area contributed by atoms with Gasteiger partial charge in [-0.2, -0.15) is 0 Å². The zero-order valence-electron chi connectivity index (χ0n) is 14.3. The van der Waals surface area contributed by atoms with Gasteiger partial charge in [0.05, 0.1) is 5.69 Å². The number of Topliss-reactive ketones (excluding diaryl/α,β-unsaturated/α-hetero) is 1. The van der Waals surface area contributed by atoms with Crippen molar-refractivity contribution in [2.45, 2.75) is 20.5 Å². The highest BCUT2D eigenvalue weighted by Gasteiger charge is 2.11. The van der Waals surface area contributed by atoms with Crippen LogP contribution in [0.4, 0.5) is 0 Å². The second kappa shape index (κ2) is 7.45. The molecule has 0 spiro atoms. The summed E-state index contributed by atoms with van der Waals surface area (Å²) in [6.07, 6.45) is 0. The number of aryl methyl sites for hydroxylation is 1. The van der Waals surface area contributed by atoms with E-state index < -0.39 is 0 Å². The quantitative estimate of drug-likeness (QED) is 0.438. The van der Waals surface area contributed by atoms with Gasteiger partial charge in [-0.1, -0.05) is 36.9 Å². The average Bonchev–Trinajstić information content (AvgIpc) is 3.09. The molecule has 0 saturated heterocycles. The molecule has 3 rings (SSSR count). The number of allylic oxidation sites excluding steroid dienone is 1. The van der Waals surface area contributed by atoms with Gasteiger partial charge in [0.1, 0.15) is 17.4 Å². The van der Waals surface area contributed by atoms with Gasteiger partial charge in [0.25, 0.3) is 0 Å². The van der Waals surface area contributed by atoms with E-state index in [4.69, 9.17) is 4.74 Å². The summed E-state index contributed by atoms with van der Waals surface area (Å²) in [5, 5.41) is 2.95. The number of hydrogen-bond acceptors (Lipinski definition) is 4. The molecule has 0 aliphatic heterocycles. The van der Waals surface area contributed by atoms with E-state index in [2.05, 4.69) is 11.6 Å². The van der Waals surface area contributed by atoms with Crippen LogP contribution in [0.5, 0.6) is 5.75 Å². The Morgan fingerprint density at radius 1 is 1.20 bits per heavy atom. The van der Waals surface area contributed by atoms with E-state index in [1.807, 2.05) is 54.8 Å². The van der Waals surface area contributed by atoms with E-state index in [1.54, 1.807) is 24.3 Å². The van der Waals surface area contributed by atoms with Gasteiger partial charge < -0.3 is 4.74 Å². The molecule has 0 unspecified atom stereocenters. The number of carbonyl (C=O) groups excluding carboxylic acids is 1. The third-order valence-corrected chi connectivity index (χ3v) is 4.64. The first-order valence-electron chi connectivity index (χ1n) is 7.98. The van der Waals surface area contributed by atoms with Crippen molar-refractivity contribution in [1.82, 2.24) is 4.98 Å². The summed E-state index contributed by atoms with van der Waals surface area (Å²) in [7, 11) is 0. The number of ketones is 1. The minimum Gasteiger partial charge on any atom is -0.486 e. The molecule has 0 amide bonds.